The number of hydrogen-bond acceptors (Lipinski definition) is 3. The predicted octanol–water partition coefficient (Wildman–Crippen LogP) is 0.911. The molecule has 1 fully saturated rings. The smallest absolute Gasteiger partial charge is 0.242 e. The molecule has 0 radical (unpaired) electrons. The quantitative estimate of drug-likeness (QED) is 0.810. The van der Waals surface area contributed by atoms with E-state index in [1.54, 1.807) is 18.7 Å². The second-order valence-electron chi connectivity index (χ2n) is 5.41. The van der Waals surface area contributed by atoms with E-state index in [9.17, 15) is 9.59 Å². The van der Waals surface area contributed by atoms with Gasteiger partial charge in [0.25, 0.3) is 0 Å². The van der Waals surface area contributed by atoms with Gasteiger partial charge in [-0.3, -0.25) is 9.59 Å². The standard InChI is InChI=1S/C13H21N3O2/c1-10(17)15-8-11-4-6-16(7-5-11)12(18)13(2,3)9-14/h11H,4-8H2,1-3H3,(H,15,17). The van der Waals surface area contributed by atoms with Gasteiger partial charge in [0, 0.05) is 26.6 Å². The average Bonchev–Trinajstić information content (AvgIpc) is 2.36. The highest BCUT2D eigenvalue weighted by Gasteiger charge is 2.33. The Hall–Kier alpha value is -1.57. The highest BCUT2D eigenvalue weighted by atomic mass is 16.2. The molecule has 0 atom stereocenters. The number of likely N-dealkylation sites (tertiary alicyclic amines) is 1. The molecule has 0 saturated carbocycles. The van der Waals surface area contributed by atoms with Crippen LogP contribution in [0.2, 0.25) is 0 Å². The molecule has 0 aromatic heterocycles. The summed E-state index contributed by atoms with van der Waals surface area (Å²) in [4.78, 5) is 24.6. The van der Waals surface area contributed by atoms with E-state index in [0.29, 0.717) is 25.6 Å². The van der Waals surface area contributed by atoms with Crippen molar-refractivity contribution in [2.75, 3.05) is 19.6 Å². The topological polar surface area (TPSA) is 73.2 Å². The van der Waals surface area contributed by atoms with Crippen LogP contribution in [0.25, 0.3) is 0 Å². The summed E-state index contributed by atoms with van der Waals surface area (Å²) < 4.78 is 0. The lowest BCUT2D eigenvalue weighted by molar-refractivity contribution is -0.139. The van der Waals surface area contributed by atoms with Crippen molar-refractivity contribution < 1.29 is 9.59 Å². The molecule has 1 heterocycles. The first kappa shape index (κ1) is 14.5. The van der Waals surface area contributed by atoms with Crippen LogP contribution >= 0.6 is 0 Å². The van der Waals surface area contributed by atoms with E-state index in [-0.39, 0.29) is 11.8 Å². The lowest BCUT2D eigenvalue weighted by Gasteiger charge is -2.34. The van der Waals surface area contributed by atoms with Crippen LogP contribution < -0.4 is 5.32 Å². The van der Waals surface area contributed by atoms with Gasteiger partial charge in [-0.25, -0.2) is 0 Å². The molecule has 100 valence electrons. The maximum atomic E-state index is 12.1. The van der Waals surface area contributed by atoms with Crippen LogP contribution in [0.1, 0.15) is 33.6 Å². The molecule has 0 aromatic carbocycles. The molecule has 0 aliphatic carbocycles. The zero-order valence-corrected chi connectivity index (χ0v) is 11.3. The summed E-state index contributed by atoms with van der Waals surface area (Å²) in [6, 6.07) is 2.04. The molecular formula is C13H21N3O2. The Kier molecular flexibility index (Phi) is 4.71. The zero-order valence-electron chi connectivity index (χ0n) is 11.3. The summed E-state index contributed by atoms with van der Waals surface area (Å²) in [5, 5.41) is 11.8. The molecule has 5 heteroatoms. The monoisotopic (exact) mass is 251 g/mol. The fourth-order valence-electron chi connectivity index (χ4n) is 2.07. The van der Waals surface area contributed by atoms with Crippen molar-refractivity contribution >= 4 is 11.8 Å². The third-order valence-electron chi connectivity index (χ3n) is 3.36. The lowest BCUT2D eigenvalue weighted by Crippen LogP contribution is -2.46. The van der Waals surface area contributed by atoms with Crippen LogP contribution in [-0.4, -0.2) is 36.3 Å². The van der Waals surface area contributed by atoms with Gasteiger partial charge in [-0.1, -0.05) is 0 Å². The Balaban J connectivity index is 2.42. The number of nitrogens with zero attached hydrogens (tertiary/aromatic N) is 2. The van der Waals surface area contributed by atoms with Crippen LogP contribution in [0, 0.1) is 22.7 Å². The Bertz CT molecular complexity index is 363. The summed E-state index contributed by atoms with van der Waals surface area (Å²) >= 11 is 0. The third-order valence-corrected chi connectivity index (χ3v) is 3.36. The number of amides is 2. The van der Waals surface area contributed by atoms with E-state index in [2.05, 4.69) is 5.32 Å². The number of nitrogens with one attached hydrogen (secondary N) is 1. The van der Waals surface area contributed by atoms with Crippen molar-refractivity contribution in [3.05, 3.63) is 0 Å². The van der Waals surface area contributed by atoms with Gasteiger partial charge in [0.15, 0.2) is 0 Å². The van der Waals surface area contributed by atoms with E-state index in [1.807, 2.05) is 6.07 Å². The number of hydrogen-bond donors (Lipinski definition) is 1. The summed E-state index contributed by atoms with van der Waals surface area (Å²) in [5.41, 5.74) is -0.940. The van der Waals surface area contributed by atoms with Crippen molar-refractivity contribution in [2.24, 2.45) is 11.3 Å². The van der Waals surface area contributed by atoms with Gasteiger partial charge < -0.3 is 10.2 Å². The Morgan fingerprint density at radius 1 is 1.39 bits per heavy atom. The normalized spacial score (nSPS) is 17.1. The second-order valence-corrected chi connectivity index (χ2v) is 5.41. The van der Waals surface area contributed by atoms with Gasteiger partial charge in [0.2, 0.25) is 11.8 Å². The molecule has 1 aliphatic heterocycles. The molecule has 1 rings (SSSR count). The highest BCUT2D eigenvalue weighted by molar-refractivity contribution is 5.84. The third kappa shape index (κ3) is 3.73. The Morgan fingerprint density at radius 2 is 1.94 bits per heavy atom. The molecule has 1 N–H and O–H groups in total. The summed E-state index contributed by atoms with van der Waals surface area (Å²) in [5.74, 6) is 0.324. The summed E-state index contributed by atoms with van der Waals surface area (Å²) in [6.07, 6.45) is 1.76. The second kappa shape index (κ2) is 5.85. The minimum absolute atomic E-state index is 0.0147. The van der Waals surface area contributed by atoms with Crippen LogP contribution in [0.5, 0.6) is 0 Å². The van der Waals surface area contributed by atoms with E-state index in [4.69, 9.17) is 5.26 Å². The molecule has 0 spiro atoms. The molecule has 0 bridgehead atoms. The molecular weight excluding hydrogens is 230 g/mol. The predicted molar refractivity (Wildman–Crippen MR) is 67.4 cm³/mol. The van der Waals surface area contributed by atoms with Crippen LogP contribution in [0.4, 0.5) is 0 Å². The molecule has 5 nitrogen and oxygen atoms in total. The molecule has 1 aliphatic rings. The van der Waals surface area contributed by atoms with Gasteiger partial charge in [-0.2, -0.15) is 5.26 Å². The van der Waals surface area contributed by atoms with Crippen LogP contribution in [0.15, 0.2) is 0 Å². The lowest BCUT2D eigenvalue weighted by atomic mass is 9.90. The number of carbonyl (C=O) groups is 2. The zero-order chi connectivity index (χ0) is 13.8. The van der Waals surface area contributed by atoms with Gasteiger partial charge in [0.05, 0.1) is 6.07 Å². The van der Waals surface area contributed by atoms with E-state index in [0.717, 1.165) is 12.8 Å². The van der Waals surface area contributed by atoms with Crippen molar-refractivity contribution in [3.63, 3.8) is 0 Å². The largest absolute Gasteiger partial charge is 0.356 e. The maximum absolute atomic E-state index is 12.1. The highest BCUT2D eigenvalue weighted by Crippen LogP contribution is 2.23. The average molecular weight is 251 g/mol. The van der Waals surface area contributed by atoms with Gasteiger partial charge >= 0.3 is 0 Å². The maximum Gasteiger partial charge on any atom is 0.242 e. The van der Waals surface area contributed by atoms with Crippen LogP contribution in [-0.2, 0) is 9.59 Å². The fraction of sp³-hybridized carbons (Fsp3) is 0.769. The van der Waals surface area contributed by atoms with Crippen LogP contribution in [0.3, 0.4) is 0 Å². The van der Waals surface area contributed by atoms with Gasteiger partial charge in [0.1, 0.15) is 5.41 Å². The first-order chi connectivity index (χ1) is 8.36. The molecule has 18 heavy (non-hydrogen) atoms. The summed E-state index contributed by atoms with van der Waals surface area (Å²) in [6.45, 7) is 6.84. The fourth-order valence-corrected chi connectivity index (χ4v) is 2.07. The van der Waals surface area contributed by atoms with E-state index < -0.39 is 5.41 Å². The number of piperidine rings is 1. The van der Waals surface area contributed by atoms with Crippen molar-refractivity contribution in [1.82, 2.24) is 10.2 Å². The van der Waals surface area contributed by atoms with Crippen molar-refractivity contribution in [3.8, 4) is 6.07 Å². The minimum atomic E-state index is -0.940. The number of carbonyl (C=O) groups excluding carboxylic acids is 2. The van der Waals surface area contributed by atoms with Gasteiger partial charge in [-0.05, 0) is 32.6 Å². The number of rotatable bonds is 3. The Labute approximate surface area is 108 Å². The first-order valence-corrected chi connectivity index (χ1v) is 6.32. The molecule has 1 saturated heterocycles. The SMILES string of the molecule is CC(=O)NCC1CCN(C(=O)C(C)(C)C#N)CC1. The first-order valence-electron chi connectivity index (χ1n) is 6.32. The number of nitriles is 1. The minimum Gasteiger partial charge on any atom is -0.356 e. The Morgan fingerprint density at radius 3 is 2.39 bits per heavy atom. The van der Waals surface area contributed by atoms with Gasteiger partial charge in [-0.15, -0.1) is 0 Å². The molecule has 2 amide bonds. The van der Waals surface area contributed by atoms with E-state index in [1.165, 1.54) is 6.92 Å². The summed E-state index contributed by atoms with van der Waals surface area (Å²) in [7, 11) is 0. The molecule has 0 unspecified atom stereocenters. The van der Waals surface area contributed by atoms with Crippen molar-refractivity contribution in [1.29, 1.82) is 5.26 Å². The molecule has 0 aromatic rings. The van der Waals surface area contributed by atoms with E-state index >= 15 is 0 Å². The van der Waals surface area contributed by atoms with Crippen molar-refractivity contribution in [2.45, 2.75) is 33.6 Å².